The lowest BCUT2D eigenvalue weighted by molar-refractivity contribution is -0.120. The number of carbonyl (C=O) groups excluding carboxylic acids is 2. The fourth-order valence-corrected chi connectivity index (χ4v) is 2.34. The van der Waals surface area contributed by atoms with Gasteiger partial charge in [-0.1, -0.05) is 0 Å². The molecule has 1 saturated heterocycles. The molecule has 112 valence electrons. The first-order chi connectivity index (χ1) is 8.65. The van der Waals surface area contributed by atoms with Crippen LogP contribution in [0.2, 0.25) is 0 Å². The molecule has 19 heavy (non-hydrogen) atoms. The van der Waals surface area contributed by atoms with Crippen LogP contribution in [0.15, 0.2) is 0 Å². The lowest BCUT2D eigenvalue weighted by Crippen LogP contribution is -2.41. The minimum absolute atomic E-state index is 0. The lowest BCUT2D eigenvalue weighted by Gasteiger charge is -2.32. The molecule has 0 radical (unpaired) electrons. The van der Waals surface area contributed by atoms with E-state index in [4.69, 9.17) is 5.73 Å². The summed E-state index contributed by atoms with van der Waals surface area (Å²) in [5.41, 5.74) is 5.57. The van der Waals surface area contributed by atoms with Crippen LogP contribution in [0.1, 0.15) is 25.7 Å². The molecule has 0 saturated carbocycles. The third-order valence-corrected chi connectivity index (χ3v) is 3.31. The predicted molar refractivity (Wildman–Crippen MR) is 77.3 cm³/mol. The second-order valence-electron chi connectivity index (χ2n) is 4.76. The maximum atomic E-state index is 11.4. The van der Waals surface area contributed by atoms with E-state index in [1.807, 2.05) is 0 Å². The van der Waals surface area contributed by atoms with Crippen LogP contribution in [-0.2, 0) is 4.79 Å². The number of urea groups is 1. The number of amides is 3. The first-order valence-electron chi connectivity index (χ1n) is 6.59. The van der Waals surface area contributed by atoms with Crippen molar-refractivity contribution in [3.63, 3.8) is 0 Å². The van der Waals surface area contributed by atoms with Crippen molar-refractivity contribution in [1.29, 1.82) is 0 Å². The van der Waals surface area contributed by atoms with Crippen molar-refractivity contribution >= 4 is 24.3 Å². The summed E-state index contributed by atoms with van der Waals surface area (Å²) in [5, 5.41) is 4.63. The third kappa shape index (κ3) is 7.34. The molecule has 3 amide bonds. The van der Waals surface area contributed by atoms with Crippen LogP contribution in [0.3, 0.4) is 0 Å². The Morgan fingerprint density at radius 2 is 2.16 bits per heavy atom. The second-order valence-corrected chi connectivity index (χ2v) is 4.76. The van der Waals surface area contributed by atoms with Gasteiger partial charge in [-0.3, -0.25) is 10.1 Å². The topological polar surface area (TPSA) is 87.5 Å². The quantitative estimate of drug-likeness (QED) is 0.681. The van der Waals surface area contributed by atoms with Crippen molar-refractivity contribution in [1.82, 2.24) is 15.5 Å². The fourth-order valence-electron chi connectivity index (χ4n) is 2.34. The minimum atomic E-state index is -0.445. The average molecular weight is 293 g/mol. The van der Waals surface area contributed by atoms with E-state index in [-0.39, 0.29) is 18.3 Å². The van der Waals surface area contributed by atoms with E-state index in [0.717, 1.165) is 26.1 Å². The van der Waals surface area contributed by atoms with E-state index >= 15 is 0 Å². The zero-order chi connectivity index (χ0) is 13.4. The molecule has 0 aromatic rings. The standard InChI is InChI=1S/C12H24N4O2.ClH/c1-14-12(18)15-11(17)5-8-16-7-2-3-10(9-16)4-6-13;/h10H,2-9,13H2,1H3,(H2,14,15,17,18);1H. The molecule has 7 heteroatoms. The van der Waals surface area contributed by atoms with Gasteiger partial charge >= 0.3 is 6.03 Å². The molecule has 0 aromatic heterocycles. The molecular formula is C12H25ClN4O2. The van der Waals surface area contributed by atoms with Gasteiger partial charge in [0.1, 0.15) is 0 Å². The molecule has 0 aliphatic carbocycles. The highest BCUT2D eigenvalue weighted by Gasteiger charge is 2.19. The molecule has 1 rings (SSSR count). The van der Waals surface area contributed by atoms with E-state index in [1.165, 1.54) is 19.9 Å². The van der Waals surface area contributed by atoms with Gasteiger partial charge in [0.05, 0.1) is 0 Å². The van der Waals surface area contributed by atoms with E-state index < -0.39 is 6.03 Å². The van der Waals surface area contributed by atoms with Crippen molar-refractivity contribution in [2.75, 3.05) is 33.2 Å². The van der Waals surface area contributed by atoms with Gasteiger partial charge in [-0.15, -0.1) is 12.4 Å². The Balaban J connectivity index is 0.00000324. The molecule has 6 nitrogen and oxygen atoms in total. The summed E-state index contributed by atoms with van der Waals surface area (Å²) in [5.74, 6) is 0.432. The Morgan fingerprint density at radius 3 is 2.79 bits per heavy atom. The van der Waals surface area contributed by atoms with Gasteiger partial charge in [-0.05, 0) is 38.3 Å². The van der Waals surface area contributed by atoms with Crippen molar-refractivity contribution in [2.45, 2.75) is 25.7 Å². The van der Waals surface area contributed by atoms with Crippen LogP contribution in [0.5, 0.6) is 0 Å². The number of carbonyl (C=O) groups is 2. The highest BCUT2D eigenvalue weighted by molar-refractivity contribution is 5.94. The number of nitrogens with two attached hydrogens (primary N) is 1. The number of hydrogen-bond donors (Lipinski definition) is 3. The molecule has 1 aliphatic rings. The minimum Gasteiger partial charge on any atom is -0.341 e. The Morgan fingerprint density at radius 1 is 1.42 bits per heavy atom. The van der Waals surface area contributed by atoms with Crippen LogP contribution in [0, 0.1) is 5.92 Å². The Labute approximate surface area is 120 Å². The lowest BCUT2D eigenvalue weighted by atomic mass is 9.95. The number of imide groups is 1. The summed E-state index contributed by atoms with van der Waals surface area (Å²) < 4.78 is 0. The molecule has 0 bridgehead atoms. The maximum absolute atomic E-state index is 11.4. The normalized spacial score (nSPS) is 19.4. The largest absolute Gasteiger partial charge is 0.341 e. The molecule has 0 aromatic carbocycles. The molecule has 1 aliphatic heterocycles. The number of piperidine rings is 1. The van der Waals surface area contributed by atoms with Gasteiger partial charge in [0, 0.05) is 26.6 Å². The number of nitrogens with one attached hydrogen (secondary N) is 2. The first-order valence-corrected chi connectivity index (χ1v) is 6.59. The fraction of sp³-hybridized carbons (Fsp3) is 0.833. The smallest absolute Gasteiger partial charge is 0.321 e. The molecule has 1 atom stereocenters. The van der Waals surface area contributed by atoms with Gasteiger partial charge in [-0.25, -0.2) is 4.79 Å². The molecule has 1 heterocycles. The van der Waals surface area contributed by atoms with Crippen molar-refractivity contribution < 1.29 is 9.59 Å². The summed E-state index contributed by atoms with van der Waals surface area (Å²) in [4.78, 5) is 24.7. The van der Waals surface area contributed by atoms with Gasteiger partial charge in [0.15, 0.2) is 0 Å². The predicted octanol–water partition coefficient (Wildman–Crippen LogP) is 0.315. The molecular weight excluding hydrogens is 268 g/mol. The summed E-state index contributed by atoms with van der Waals surface area (Å²) in [6.45, 7) is 3.50. The van der Waals surface area contributed by atoms with Crippen LogP contribution >= 0.6 is 12.4 Å². The highest BCUT2D eigenvalue weighted by atomic mass is 35.5. The summed E-state index contributed by atoms with van der Waals surface area (Å²) in [6.07, 6.45) is 3.82. The summed E-state index contributed by atoms with van der Waals surface area (Å²) >= 11 is 0. The number of nitrogens with zero attached hydrogens (tertiary/aromatic N) is 1. The molecule has 4 N–H and O–H groups in total. The molecule has 0 spiro atoms. The van der Waals surface area contributed by atoms with Crippen LogP contribution in [0.4, 0.5) is 4.79 Å². The van der Waals surface area contributed by atoms with Crippen molar-refractivity contribution in [3.8, 4) is 0 Å². The SMILES string of the molecule is CNC(=O)NC(=O)CCN1CCCC(CCN)C1.Cl. The molecule has 1 unspecified atom stereocenters. The van der Waals surface area contributed by atoms with Gasteiger partial charge in [0.25, 0.3) is 0 Å². The number of hydrogen-bond acceptors (Lipinski definition) is 4. The first kappa shape index (κ1) is 18.1. The second kappa shape index (κ2) is 10.00. The zero-order valence-corrected chi connectivity index (χ0v) is 12.3. The Hall–Kier alpha value is -0.850. The van der Waals surface area contributed by atoms with E-state index in [1.54, 1.807) is 0 Å². The summed E-state index contributed by atoms with van der Waals surface area (Å²) in [6, 6.07) is -0.445. The van der Waals surface area contributed by atoms with E-state index in [2.05, 4.69) is 15.5 Å². The summed E-state index contributed by atoms with van der Waals surface area (Å²) in [7, 11) is 1.49. The Kier molecular flexibility index (Phi) is 9.55. The van der Waals surface area contributed by atoms with Crippen LogP contribution < -0.4 is 16.4 Å². The number of likely N-dealkylation sites (tertiary alicyclic amines) is 1. The van der Waals surface area contributed by atoms with Gasteiger partial charge in [-0.2, -0.15) is 0 Å². The van der Waals surface area contributed by atoms with Crippen molar-refractivity contribution in [2.24, 2.45) is 11.7 Å². The highest BCUT2D eigenvalue weighted by Crippen LogP contribution is 2.18. The van der Waals surface area contributed by atoms with Crippen molar-refractivity contribution in [3.05, 3.63) is 0 Å². The van der Waals surface area contributed by atoms with Gasteiger partial charge < -0.3 is 16.0 Å². The zero-order valence-electron chi connectivity index (χ0n) is 11.5. The van der Waals surface area contributed by atoms with Crippen LogP contribution in [-0.4, -0.2) is 50.1 Å². The number of halogens is 1. The van der Waals surface area contributed by atoms with E-state index in [0.29, 0.717) is 18.9 Å². The van der Waals surface area contributed by atoms with Gasteiger partial charge in [0.2, 0.25) is 5.91 Å². The number of rotatable bonds is 5. The third-order valence-electron chi connectivity index (χ3n) is 3.31. The van der Waals surface area contributed by atoms with E-state index in [9.17, 15) is 9.59 Å². The monoisotopic (exact) mass is 292 g/mol. The maximum Gasteiger partial charge on any atom is 0.321 e. The average Bonchev–Trinajstić information content (AvgIpc) is 2.37. The molecule has 1 fully saturated rings. The Bertz CT molecular complexity index is 287. The van der Waals surface area contributed by atoms with Crippen LogP contribution in [0.25, 0.3) is 0 Å².